The van der Waals surface area contributed by atoms with E-state index in [1.54, 1.807) is 28.6 Å². The highest BCUT2D eigenvalue weighted by atomic mass is 16.5. The Labute approximate surface area is 207 Å². The van der Waals surface area contributed by atoms with Crippen molar-refractivity contribution in [3.8, 4) is 39.7 Å². The van der Waals surface area contributed by atoms with Gasteiger partial charge in [-0.1, -0.05) is 24.3 Å². The van der Waals surface area contributed by atoms with Crippen LogP contribution in [0.15, 0.2) is 102 Å². The highest BCUT2D eigenvalue weighted by Gasteiger charge is 2.16. The molecule has 4 aromatic heterocycles. The van der Waals surface area contributed by atoms with E-state index in [1.165, 1.54) is 0 Å². The van der Waals surface area contributed by atoms with Gasteiger partial charge in [0.05, 0.1) is 17.1 Å². The highest BCUT2D eigenvalue weighted by Crippen LogP contribution is 2.29. The van der Waals surface area contributed by atoms with E-state index in [2.05, 4.69) is 27.1 Å². The predicted octanol–water partition coefficient (Wildman–Crippen LogP) is 5.88. The molecule has 0 fully saturated rings. The molecule has 7 nitrogen and oxygen atoms in total. The van der Waals surface area contributed by atoms with Crippen molar-refractivity contribution in [1.29, 1.82) is 0 Å². The summed E-state index contributed by atoms with van der Waals surface area (Å²) in [4.78, 5) is 25.6. The van der Waals surface area contributed by atoms with Gasteiger partial charge < -0.3 is 14.3 Å². The molecular weight excluding hydrogens is 450 g/mol. The van der Waals surface area contributed by atoms with Crippen molar-refractivity contribution in [1.82, 2.24) is 24.1 Å². The number of aromatic nitrogens is 5. The normalized spacial score (nSPS) is 11.2. The van der Waals surface area contributed by atoms with Crippen LogP contribution in [0.5, 0.6) is 11.5 Å². The zero-order valence-corrected chi connectivity index (χ0v) is 19.8. The van der Waals surface area contributed by atoms with Gasteiger partial charge in [0.2, 0.25) is 0 Å². The molecule has 2 aromatic carbocycles. The molecule has 0 saturated carbocycles. The van der Waals surface area contributed by atoms with Crippen molar-refractivity contribution < 1.29 is 4.74 Å². The van der Waals surface area contributed by atoms with Crippen LogP contribution in [0.3, 0.4) is 0 Å². The number of hydrogen-bond donors (Lipinski definition) is 1. The molecule has 0 spiro atoms. The molecule has 0 aliphatic heterocycles. The minimum Gasteiger partial charge on any atom is -0.457 e. The quantitative estimate of drug-likeness (QED) is 0.339. The summed E-state index contributed by atoms with van der Waals surface area (Å²) in [5, 5.41) is 1.05. The fraction of sp³-hybridized carbons (Fsp3) is 0.0690. The van der Waals surface area contributed by atoms with Crippen LogP contribution >= 0.6 is 0 Å². The van der Waals surface area contributed by atoms with E-state index in [0.717, 1.165) is 33.6 Å². The molecule has 0 aliphatic rings. The number of benzene rings is 2. The largest absolute Gasteiger partial charge is 0.457 e. The number of H-pyrrole nitrogens is 1. The number of ether oxygens (including phenoxy) is 1. The van der Waals surface area contributed by atoms with Crippen LogP contribution in [0.25, 0.3) is 39.2 Å². The Hall–Kier alpha value is -4.91. The summed E-state index contributed by atoms with van der Waals surface area (Å²) in [5.74, 6) is 1.37. The summed E-state index contributed by atoms with van der Waals surface area (Å²) >= 11 is 0. The van der Waals surface area contributed by atoms with Crippen molar-refractivity contribution in [2.24, 2.45) is 7.05 Å². The summed E-state index contributed by atoms with van der Waals surface area (Å²) in [6.07, 6.45) is 5.41. The molecule has 0 radical (unpaired) electrons. The van der Waals surface area contributed by atoms with Gasteiger partial charge in [-0.05, 0) is 61.0 Å². The molecule has 0 aliphatic carbocycles. The molecule has 7 heteroatoms. The lowest BCUT2D eigenvalue weighted by Crippen LogP contribution is -2.21. The first-order valence-electron chi connectivity index (χ1n) is 11.6. The third-order valence-electron chi connectivity index (χ3n) is 6.07. The lowest BCUT2D eigenvalue weighted by molar-refractivity contribution is 0.482. The lowest BCUT2D eigenvalue weighted by Gasteiger charge is -2.11. The maximum atomic E-state index is 13.2. The molecule has 4 heterocycles. The molecule has 1 N–H and O–H groups in total. The summed E-state index contributed by atoms with van der Waals surface area (Å²) in [5.41, 5.74) is 5.78. The molecule has 0 amide bonds. The Kier molecular flexibility index (Phi) is 5.22. The van der Waals surface area contributed by atoms with Crippen LogP contribution in [0, 0.1) is 6.92 Å². The number of nitrogens with one attached hydrogen (secondary N) is 1. The first kappa shape index (κ1) is 21.6. The second kappa shape index (κ2) is 8.70. The van der Waals surface area contributed by atoms with Crippen molar-refractivity contribution >= 4 is 11.0 Å². The van der Waals surface area contributed by atoms with Crippen LogP contribution < -0.4 is 10.4 Å². The van der Waals surface area contributed by atoms with E-state index in [0.29, 0.717) is 22.8 Å². The summed E-state index contributed by atoms with van der Waals surface area (Å²) in [6.45, 7) is 2.01. The van der Waals surface area contributed by atoms with Crippen LogP contribution in [0.1, 0.15) is 5.69 Å². The predicted molar refractivity (Wildman–Crippen MR) is 141 cm³/mol. The SMILES string of the molecule is Cc1cc2cc(-c3ccnc(-c4cn(C)c(=O)n4-c4cccc(Oc5ccccc5)c4)c3)cnc2[nH]1. The Morgan fingerprint density at radius 1 is 0.861 bits per heavy atom. The smallest absolute Gasteiger partial charge is 0.333 e. The van der Waals surface area contributed by atoms with Crippen molar-refractivity contribution in [2.75, 3.05) is 0 Å². The minimum absolute atomic E-state index is 0.167. The number of aromatic amines is 1. The van der Waals surface area contributed by atoms with Gasteiger partial charge in [-0.2, -0.15) is 0 Å². The minimum atomic E-state index is -0.167. The molecule has 0 atom stereocenters. The van der Waals surface area contributed by atoms with Gasteiger partial charge in [0.1, 0.15) is 17.1 Å². The number of hydrogen-bond acceptors (Lipinski definition) is 4. The number of rotatable bonds is 5. The summed E-state index contributed by atoms with van der Waals surface area (Å²) in [7, 11) is 1.74. The van der Waals surface area contributed by atoms with Crippen molar-refractivity contribution in [2.45, 2.75) is 6.92 Å². The number of fused-ring (bicyclic) bond motifs is 1. The lowest BCUT2D eigenvalue weighted by atomic mass is 10.1. The molecular formula is C29H23N5O2. The van der Waals surface area contributed by atoms with Gasteiger partial charge in [-0.15, -0.1) is 0 Å². The number of aryl methyl sites for hydroxylation is 2. The first-order valence-corrected chi connectivity index (χ1v) is 11.6. The van der Waals surface area contributed by atoms with E-state index in [9.17, 15) is 4.79 Å². The van der Waals surface area contributed by atoms with Crippen LogP contribution in [-0.2, 0) is 7.05 Å². The number of pyridine rings is 2. The second-order valence-electron chi connectivity index (χ2n) is 8.70. The van der Waals surface area contributed by atoms with Gasteiger partial charge in [0.15, 0.2) is 0 Å². The van der Waals surface area contributed by atoms with Crippen molar-refractivity contribution in [3.63, 3.8) is 0 Å². The topological polar surface area (TPSA) is 77.7 Å². The Bertz CT molecular complexity index is 1760. The molecule has 6 rings (SSSR count). The first-order chi connectivity index (χ1) is 17.5. The fourth-order valence-electron chi connectivity index (χ4n) is 4.36. The van der Waals surface area contributed by atoms with Gasteiger partial charge in [0.25, 0.3) is 0 Å². The van der Waals surface area contributed by atoms with E-state index in [1.807, 2.05) is 79.9 Å². The van der Waals surface area contributed by atoms with E-state index in [-0.39, 0.29) is 5.69 Å². The molecule has 176 valence electrons. The third-order valence-corrected chi connectivity index (χ3v) is 6.07. The Morgan fingerprint density at radius 3 is 2.56 bits per heavy atom. The number of nitrogens with zero attached hydrogens (tertiary/aromatic N) is 4. The molecule has 36 heavy (non-hydrogen) atoms. The number of para-hydroxylation sites is 1. The van der Waals surface area contributed by atoms with E-state index in [4.69, 9.17) is 4.74 Å². The van der Waals surface area contributed by atoms with Gasteiger partial charge in [-0.3, -0.25) is 9.55 Å². The molecule has 6 aromatic rings. The van der Waals surface area contributed by atoms with Crippen LogP contribution in [-0.4, -0.2) is 24.1 Å². The molecule has 0 saturated heterocycles. The van der Waals surface area contributed by atoms with Crippen LogP contribution in [0.2, 0.25) is 0 Å². The second-order valence-corrected chi connectivity index (χ2v) is 8.70. The van der Waals surface area contributed by atoms with E-state index >= 15 is 0 Å². The zero-order chi connectivity index (χ0) is 24.6. The van der Waals surface area contributed by atoms with Crippen molar-refractivity contribution in [3.05, 3.63) is 114 Å². The zero-order valence-electron chi connectivity index (χ0n) is 19.8. The average molecular weight is 474 g/mol. The fourth-order valence-corrected chi connectivity index (χ4v) is 4.36. The maximum Gasteiger partial charge on any atom is 0.333 e. The Morgan fingerprint density at radius 2 is 1.69 bits per heavy atom. The molecule has 0 bridgehead atoms. The summed E-state index contributed by atoms with van der Waals surface area (Å²) < 4.78 is 9.21. The average Bonchev–Trinajstić information content (AvgIpc) is 3.42. The van der Waals surface area contributed by atoms with Gasteiger partial charge >= 0.3 is 5.69 Å². The molecule has 0 unspecified atom stereocenters. The monoisotopic (exact) mass is 473 g/mol. The van der Waals surface area contributed by atoms with Gasteiger partial charge in [-0.25, -0.2) is 9.78 Å². The Balaban J connectivity index is 1.42. The van der Waals surface area contributed by atoms with E-state index < -0.39 is 0 Å². The van der Waals surface area contributed by atoms with Gasteiger partial charge in [0, 0.05) is 48.3 Å². The highest BCUT2D eigenvalue weighted by molar-refractivity contribution is 5.82. The summed E-state index contributed by atoms with van der Waals surface area (Å²) in [6, 6.07) is 25.2. The standard InChI is InChI=1S/C29H23N5O2/c1-19-13-21-14-22(17-31-28(21)32-19)20-11-12-30-26(15-20)27-18-33(2)29(35)34(27)23-7-6-10-25(16-23)36-24-8-4-3-5-9-24/h3-18H,1-2H3,(H,31,32). The third kappa shape index (κ3) is 3.96. The number of imidazole rings is 1. The van der Waals surface area contributed by atoms with Crippen LogP contribution in [0.4, 0.5) is 0 Å². The maximum absolute atomic E-state index is 13.2.